The Morgan fingerprint density at radius 3 is 2.25 bits per heavy atom. The third-order valence-corrected chi connectivity index (χ3v) is 6.07. The van der Waals surface area contributed by atoms with Crippen LogP contribution >= 0.6 is 0 Å². The van der Waals surface area contributed by atoms with Crippen LogP contribution in [0.5, 0.6) is 0 Å². The highest BCUT2D eigenvalue weighted by molar-refractivity contribution is 5.93. The predicted molar refractivity (Wildman–Crippen MR) is 125 cm³/mol. The second kappa shape index (κ2) is 11.2. The van der Waals surface area contributed by atoms with E-state index in [2.05, 4.69) is 20.4 Å². The molecule has 1 heterocycles. The lowest BCUT2D eigenvalue weighted by Crippen LogP contribution is -2.54. The molecule has 0 aromatic heterocycles. The molecular weight excluding hydrogens is 407 g/mol. The molecule has 1 fully saturated rings. The topological polar surface area (TPSA) is 64.7 Å². The molecule has 0 bridgehead atoms. The van der Waals surface area contributed by atoms with E-state index in [1.54, 1.807) is 12.1 Å². The third kappa shape index (κ3) is 6.61. The predicted octanol–water partition coefficient (Wildman–Crippen LogP) is 2.75. The second-order valence-electron chi connectivity index (χ2n) is 8.47. The fourth-order valence-corrected chi connectivity index (χ4v) is 4.00. The molecule has 1 saturated heterocycles. The lowest BCUT2D eigenvalue weighted by molar-refractivity contribution is -0.127. The quantitative estimate of drug-likeness (QED) is 0.663. The maximum absolute atomic E-state index is 13.0. The van der Waals surface area contributed by atoms with E-state index in [9.17, 15) is 14.0 Å². The number of benzene rings is 2. The highest BCUT2D eigenvalue weighted by Gasteiger charge is 2.26. The van der Waals surface area contributed by atoms with Gasteiger partial charge in [-0.05, 0) is 56.0 Å². The van der Waals surface area contributed by atoms with Gasteiger partial charge >= 0.3 is 0 Å². The van der Waals surface area contributed by atoms with E-state index >= 15 is 0 Å². The van der Waals surface area contributed by atoms with Gasteiger partial charge in [-0.15, -0.1) is 0 Å². The van der Waals surface area contributed by atoms with Crippen molar-refractivity contribution in [3.05, 3.63) is 65.0 Å². The molecule has 0 radical (unpaired) electrons. The van der Waals surface area contributed by atoms with Crippen LogP contribution in [0.15, 0.2) is 42.5 Å². The SMILES string of the molecule is Cc1cccc(C)c1NC(=O)CN1CCN(C(C)C(=O)NCCc2ccc(F)cc2)CC1. The standard InChI is InChI=1S/C25H33FN4O2/c1-18-5-4-6-19(2)24(18)28-23(31)17-29-13-15-30(16-14-29)20(3)25(32)27-12-11-21-7-9-22(26)10-8-21/h4-10,20H,11-17H2,1-3H3,(H,27,32)(H,28,31). The Morgan fingerprint density at radius 1 is 1.00 bits per heavy atom. The summed E-state index contributed by atoms with van der Waals surface area (Å²) in [5, 5.41) is 6.01. The zero-order valence-electron chi connectivity index (χ0n) is 19.2. The molecule has 0 spiro atoms. The molecule has 2 N–H and O–H groups in total. The summed E-state index contributed by atoms with van der Waals surface area (Å²) in [6, 6.07) is 12.1. The molecule has 0 aliphatic carbocycles. The van der Waals surface area contributed by atoms with Gasteiger partial charge in [0, 0.05) is 38.4 Å². The molecule has 32 heavy (non-hydrogen) atoms. The number of halogens is 1. The van der Waals surface area contributed by atoms with E-state index in [1.165, 1.54) is 12.1 Å². The summed E-state index contributed by atoms with van der Waals surface area (Å²) in [7, 11) is 0. The van der Waals surface area contributed by atoms with E-state index in [0.717, 1.165) is 48.6 Å². The van der Waals surface area contributed by atoms with Gasteiger partial charge in [0.15, 0.2) is 0 Å². The number of amides is 2. The van der Waals surface area contributed by atoms with Gasteiger partial charge < -0.3 is 10.6 Å². The van der Waals surface area contributed by atoms with E-state index in [4.69, 9.17) is 0 Å². The number of hydrogen-bond acceptors (Lipinski definition) is 4. The number of carbonyl (C=O) groups excluding carboxylic acids is 2. The minimum absolute atomic E-state index is 0.00617. The first-order valence-corrected chi connectivity index (χ1v) is 11.2. The number of aryl methyl sites for hydroxylation is 2. The van der Waals surface area contributed by atoms with E-state index in [-0.39, 0.29) is 23.7 Å². The Morgan fingerprint density at radius 2 is 1.62 bits per heavy atom. The van der Waals surface area contributed by atoms with Gasteiger partial charge in [-0.25, -0.2) is 4.39 Å². The molecular formula is C25H33FN4O2. The van der Waals surface area contributed by atoms with Crippen LogP contribution in [0, 0.1) is 19.7 Å². The monoisotopic (exact) mass is 440 g/mol. The fraction of sp³-hybridized carbons (Fsp3) is 0.440. The summed E-state index contributed by atoms with van der Waals surface area (Å²) in [6.07, 6.45) is 0.669. The van der Waals surface area contributed by atoms with Gasteiger partial charge in [0.1, 0.15) is 5.82 Å². The minimum atomic E-state index is -0.256. The minimum Gasteiger partial charge on any atom is -0.354 e. The molecule has 1 atom stereocenters. The Bertz CT molecular complexity index is 904. The summed E-state index contributed by atoms with van der Waals surface area (Å²) in [5.41, 5.74) is 4.00. The zero-order valence-corrected chi connectivity index (χ0v) is 19.2. The average molecular weight is 441 g/mol. The molecule has 6 nitrogen and oxygen atoms in total. The highest BCUT2D eigenvalue weighted by Crippen LogP contribution is 2.19. The molecule has 2 aromatic rings. The molecule has 0 saturated carbocycles. The van der Waals surface area contributed by atoms with Crippen LogP contribution in [0.4, 0.5) is 10.1 Å². The number of nitrogens with zero attached hydrogens (tertiary/aromatic N) is 2. The Kier molecular flexibility index (Phi) is 8.36. The van der Waals surface area contributed by atoms with Gasteiger partial charge in [-0.2, -0.15) is 0 Å². The molecule has 1 aliphatic heterocycles. The number of nitrogens with one attached hydrogen (secondary N) is 2. The number of anilines is 1. The molecule has 172 valence electrons. The van der Waals surface area contributed by atoms with Crippen molar-refractivity contribution >= 4 is 17.5 Å². The molecule has 2 amide bonds. The molecule has 1 unspecified atom stereocenters. The van der Waals surface area contributed by atoms with Crippen LogP contribution in [-0.4, -0.2) is 66.9 Å². The highest BCUT2D eigenvalue weighted by atomic mass is 19.1. The normalized spacial score (nSPS) is 15.9. The van der Waals surface area contributed by atoms with Crippen molar-refractivity contribution in [1.29, 1.82) is 0 Å². The lowest BCUT2D eigenvalue weighted by Gasteiger charge is -2.37. The maximum Gasteiger partial charge on any atom is 0.238 e. The van der Waals surface area contributed by atoms with Crippen molar-refractivity contribution < 1.29 is 14.0 Å². The number of rotatable bonds is 8. The van der Waals surface area contributed by atoms with Crippen LogP contribution in [0.1, 0.15) is 23.6 Å². The number of hydrogen-bond donors (Lipinski definition) is 2. The second-order valence-corrected chi connectivity index (χ2v) is 8.47. The smallest absolute Gasteiger partial charge is 0.238 e. The summed E-state index contributed by atoms with van der Waals surface area (Å²) in [6.45, 7) is 9.73. The molecule has 7 heteroatoms. The fourth-order valence-electron chi connectivity index (χ4n) is 4.00. The Labute approximate surface area is 189 Å². The van der Waals surface area contributed by atoms with E-state index < -0.39 is 0 Å². The Balaban J connectivity index is 1.39. The number of para-hydroxylation sites is 1. The molecule has 1 aliphatic rings. The van der Waals surface area contributed by atoms with E-state index in [1.807, 2.05) is 39.0 Å². The van der Waals surface area contributed by atoms with Gasteiger partial charge in [0.05, 0.1) is 12.6 Å². The van der Waals surface area contributed by atoms with Crippen LogP contribution in [-0.2, 0) is 16.0 Å². The van der Waals surface area contributed by atoms with Gasteiger partial charge in [0.25, 0.3) is 0 Å². The van der Waals surface area contributed by atoms with Crippen molar-refractivity contribution in [2.75, 3.05) is 44.6 Å². The maximum atomic E-state index is 13.0. The van der Waals surface area contributed by atoms with Crippen molar-refractivity contribution in [2.24, 2.45) is 0 Å². The lowest BCUT2D eigenvalue weighted by atomic mass is 10.1. The number of piperazine rings is 1. The first-order chi connectivity index (χ1) is 15.3. The third-order valence-electron chi connectivity index (χ3n) is 6.07. The summed E-state index contributed by atoms with van der Waals surface area (Å²) >= 11 is 0. The number of carbonyl (C=O) groups is 2. The zero-order chi connectivity index (χ0) is 23.1. The Hall–Kier alpha value is -2.77. The summed E-state index contributed by atoms with van der Waals surface area (Å²) < 4.78 is 13.0. The van der Waals surface area contributed by atoms with Crippen LogP contribution in [0.3, 0.4) is 0 Å². The average Bonchev–Trinajstić information content (AvgIpc) is 2.77. The van der Waals surface area contributed by atoms with Crippen LogP contribution in [0.2, 0.25) is 0 Å². The van der Waals surface area contributed by atoms with Crippen molar-refractivity contribution in [3.8, 4) is 0 Å². The van der Waals surface area contributed by atoms with Crippen LogP contribution < -0.4 is 10.6 Å². The van der Waals surface area contributed by atoms with Crippen molar-refractivity contribution in [2.45, 2.75) is 33.2 Å². The first kappa shape index (κ1) is 23.9. The largest absolute Gasteiger partial charge is 0.354 e. The molecule has 3 rings (SSSR count). The van der Waals surface area contributed by atoms with Crippen molar-refractivity contribution in [1.82, 2.24) is 15.1 Å². The first-order valence-electron chi connectivity index (χ1n) is 11.2. The van der Waals surface area contributed by atoms with Gasteiger partial charge in [0.2, 0.25) is 11.8 Å². The molecule has 2 aromatic carbocycles. The van der Waals surface area contributed by atoms with Crippen LogP contribution in [0.25, 0.3) is 0 Å². The summed E-state index contributed by atoms with van der Waals surface area (Å²) in [4.78, 5) is 29.3. The van der Waals surface area contributed by atoms with E-state index in [0.29, 0.717) is 19.5 Å². The summed E-state index contributed by atoms with van der Waals surface area (Å²) in [5.74, 6) is -0.274. The van der Waals surface area contributed by atoms with Gasteiger partial charge in [-0.3, -0.25) is 19.4 Å². The van der Waals surface area contributed by atoms with Crippen molar-refractivity contribution in [3.63, 3.8) is 0 Å². The van der Waals surface area contributed by atoms with Gasteiger partial charge in [-0.1, -0.05) is 30.3 Å².